The van der Waals surface area contributed by atoms with E-state index in [1.54, 1.807) is 13.0 Å². The Labute approximate surface area is 127 Å². The maximum atomic E-state index is 11.8. The van der Waals surface area contributed by atoms with Crippen molar-refractivity contribution in [1.29, 1.82) is 0 Å². The minimum Gasteiger partial charge on any atom is -0.486 e. The van der Waals surface area contributed by atoms with E-state index in [9.17, 15) is 4.79 Å². The Morgan fingerprint density at radius 3 is 2.82 bits per heavy atom. The van der Waals surface area contributed by atoms with E-state index >= 15 is 0 Å². The molecule has 0 spiro atoms. The number of nitrogens with one attached hydrogen (secondary N) is 2. The van der Waals surface area contributed by atoms with Gasteiger partial charge < -0.3 is 24.6 Å². The molecule has 0 aliphatic carbocycles. The van der Waals surface area contributed by atoms with Gasteiger partial charge in [0, 0.05) is 30.8 Å². The molecule has 116 valence electrons. The Balaban J connectivity index is 1.47. The number of rotatable bonds is 5. The van der Waals surface area contributed by atoms with E-state index in [0.29, 0.717) is 37.8 Å². The van der Waals surface area contributed by atoms with Crippen LogP contribution in [0.25, 0.3) is 0 Å². The molecule has 22 heavy (non-hydrogen) atoms. The molecule has 2 heterocycles. The van der Waals surface area contributed by atoms with Crippen LogP contribution in [-0.2, 0) is 4.79 Å². The van der Waals surface area contributed by atoms with Crippen molar-refractivity contribution in [3.63, 3.8) is 0 Å². The summed E-state index contributed by atoms with van der Waals surface area (Å²) in [5.41, 5.74) is 0.884. The number of nitrogens with zero attached hydrogens (tertiary/aromatic N) is 1. The van der Waals surface area contributed by atoms with Gasteiger partial charge in [0.25, 0.3) is 0 Å². The molecule has 0 radical (unpaired) electrons. The number of amides is 1. The van der Waals surface area contributed by atoms with Crippen LogP contribution in [0.4, 0.5) is 11.5 Å². The summed E-state index contributed by atoms with van der Waals surface area (Å²) in [5.74, 6) is 2.43. The Hall–Kier alpha value is -2.70. The lowest BCUT2D eigenvalue weighted by Gasteiger charge is -2.19. The molecule has 7 nitrogen and oxygen atoms in total. The predicted molar refractivity (Wildman–Crippen MR) is 80.4 cm³/mol. The second-order valence-corrected chi connectivity index (χ2v) is 4.91. The van der Waals surface area contributed by atoms with Crippen molar-refractivity contribution < 1.29 is 18.8 Å². The van der Waals surface area contributed by atoms with E-state index in [2.05, 4.69) is 15.8 Å². The number of anilines is 2. The van der Waals surface area contributed by atoms with Gasteiger partial charge in [0.2, 0.25) is 5.91 Å². The van der Waals surface area contributed by atoms with Gasteiger partial charge in [0.15, 0.2) is 17.3 Å². The Bertz CT molecular complexity index is 669. The number of benzene rings is 1. The summed E-state index contributed by atoms with van der Waals surface area (Å²) in [7, 11) is 0. The average molecular weight is 303 g/mol. The van der Waals surface area contributed by atoms with Gasteiger partial charge in [-0.1, -0.05) is 5.16 Å². The van der Waals surface area contributed by atoms with Crippen LogP contribution in [0, 0.1) is 6.92 Å². The molecule has 0 saturated heterocycles. The molecular formula is C15H17N3O4. The van der Waals surface area contributed by atoms with Crippen LogP contribution in [0.3, 0.4) is 0 Å². The average Bonchev–Trinajstić information content (AvgIpc) is 2.92. The fraction of sp³-hybridized carbons (Fsp3) is 0.333. The highest BCUT2D eigenvalue weighted by Crippen LogP contribution is 2.32. The third-order valence-electron chi connectivity index (χ3n) is 3.12. The standard InChI is InChI=1S/C15H17N3O4/c1-10-8-14(18-22-10)17-15(19)4-5-16-11-2-3-12-13(9-11)21-7-6-20-12/h2-3,8-9,16H,4-7H2,1H3,(H,17,18,19). The lowest BCUT2D eigenvalue weighted by Crippen LogP contribution is -2.17. The Kier molecular flexibility index (Phi) is 4.13. The number of aryl methyl sites for hydroxylation is 1. The number of hydrogen-bond acceptors (Lipinski definition) is 6. The van der Waals surface area contributed by atoms with Gasteiger partial charge in [-0.3, -0.25) is 4.79 Å². The minimum absolute atomic E-state index is 0.127. The van der Waals surface area contributed by atoms with Crippen LogP contribution < -0.4 is 20.1 Å². The molecule has 7 heteroatoms. The van der Waals surface area contributed by atoms with Gasteiger partial charge in [-0.2, -0.15) is 0 Å². The summed E-state index contributed by atoms with van der Waals surface area (Å²) in [6.45, 7) is 3.39. The highest BCUT2D eigenvalue weighted by Gasteiger charge is 2.12. The number of ether oxygens (including phenoxy) is 2. The van der Waals surface area contributed by atoms with Crippen molar-refractivity contribution in [3.8, 4) is 11.5 Å². The quantitative estimate of drug-likeness (QED) is 0.880. The smallest absolute Gasteiger partial charge is 0.227 e. The van der Waals surface area contributed by atoms with Gasteiger partial charge in [0.05, 0.1) is 0 Å². The van der Waals surface area contributed by atoms with Crippen LogP contribution in [-0.4, -0.2) is 30.8 Å². The summed E-state index contributed by atoms with van der Waals surface area (Å²) in [6, 6.07) is 7.29. The lowest BCUT2D eigenvalue weighted by molar-refractivity contribution is -0.116. The zero-order chi connectivity index (χ0) is 15.4. The second kappa shape index (κ2) is 6.38. The Morgan fingerprint density at radius 1 is 1.23 bits per heavy atom. The van der Waals surface area contributed by atoms with Gasteiger partial charge >= 0.3 is 0 Å². The number of hydrogen-bond donors (Lipinski definition) is 2. The summed E-state index contributed by atoms with van der Waals surface area (Å²) in [4.78, 5) is 11.8. The molecule has 0 saturated carbocycles. The molecule has 1 aromatic carbocycles. The molecular weight excluding hydrogens is 286 g/mol. The summed E-state index contributed by atoms with van der Waals surface area (Å²) >= 11 is 0. The maximum Gasteiger partial charge on any atom is 0.227 e. The van der Waals surface area contributed by atoms with Crippen molar-refractivity contribution in [2.24, 2.45) is 0 Å². The highest BCUT2D eigenvalue weighted by molar-refractivity contribution is 5.90. The SMILES string of the molecule is Cc1cc(NC(=O)CCNc2ccc3c(c2)OCCO3)no1. The summed E-state index contributed by atoms with van der Waals surface area (Å²) in [6.07, 6.45) is 0.320. The number of fused-ring (bicyclic) bond motifs is 1. The molecule has 0 atom stereocenters. The molecule has 2 N–H and O–H groups in total. The van der Waals surface area contributed by atoms with Gasteiger partial charge in [0.1, 0.15) is 19.0 Å². The van der Waals surface area contributed by atoms with Crippen LogP contribution in [0.2, 0.25) is 0 Å². The van der Waals surface area contributed by atoms with Gasteiger partial charge in [-0.15, -0.1) is 0 Å². The third kappa shape index (κ3) is 3.49. The molecule has 1 aromatic heterocycles. The molecule has 0 bridgehead atoms. The molecule has 0 unspecified atom stereocenters. The zero-order valence-electron chi connectivity index (χ0n) is 12.2. The molecule has 1 aliphatic rings. The van der Waals surface area contributed by atoms with E-state index in [-0.39, 0.29) is 5.91 Å². The predicted octanol–water partition coefficient (Wildman–Crippen LogP) is 2.19. The molecule has 0 fully saturated rings. The van der Waals surface area contributed by atoms with Crippen LogP contribution >= 0.6 is 0 Å². The maximum absolute atomic E-state index is 11.8. The van der Waals surface area contributed by atoms with E-state index in [1.165, 1.54) is 0 Å². The molecule has 1 aliphatic heterocycles. The first-order chi connectivity index (χ1) is 10.7. The number of carbonyl (C=O) groups excluding carboxylic acids is 1. The van der Waals surface area contributed by atoms with Crippen molar-refractivity contribution in [2.75, 3.05) is 30.4 Å². The zero-order valence-corrected chi connectivity index (χ0v) is 12.2. The second-order valence-electron chi connectivity index (χ2n) is 4.91. The number of carbonyl (C=O) groups is 1. The molecule has 3 rings (SSSR count). The van der Waals surface area contributed by atoms with E-state index in [0.717, 1.165) is 17.2 Å². The Morgan fingerprint density at radius 2 is 2.05 bits per heavy atom. The topological polar surface area (TPSA) is 85.6 Å². The van der Waals surface area contributed by atoms with Crippen molar-refractivity contribution in [2.45, 2.75) is 13.3 Å². The van der Waals surface area contributed by atoms with Crippen LogP contribution in [0.1, 0.15) is 12.2 Å². The van der Waals surface area contributed by atoms with E-state index in [1.807, 2.05) is 18.2 Å². The summed E-state index contributed by atoms with van der Waals surface area (Å²) in [5, 5.41) is 9.56. The van der Waals surface area contributed by atoms with E-state index < -0.39 is 0 Å². The van der Waals surface area contributed by atoms with Gasteiger partial charge in [-0.25, -0.2) is 0 Å². The fourth-order valence-corrected chi connectivity index (χ4v) is 2.10. The van der Waals surface area contributed by atoms with Crippen LogP contribution in [0.5, 0.6) is 11.5 Å². The first-order valence-corrected chi connectivity index (χ1v) is 7.07. The van der Waals surface area contributed by atoms with E-state index in [4.69, 9.17) is 14.0 Å². The monoisotopic (exact) mass is 303 g/mol. The molecule has 1 amide bonds. The van der Waals surface area contributed by atoms with Gasteiger partial charge in [-0.05, 0) is 19.1 Å². The third-order valence-corrected chi connectivity index (χ3v) is 3.12. The highest BCUT2D eigenvalue weighted by atomic mass is 16.6. The number of aromatic nitrogens is 1. The first kappa shape index (κ1) is 14.2. The minimum atomic E-state index is -0.127. The fourth-order valence-electron chi connectivity index (χ4n) is 2.10. The van der Waals surface area contributed by atoms with Crippen molar-refractivity contribution >= 4 is 17.4 Å². The molecule has 2 aromatic rings. The largest absolute Gasteiger partial charge is 0.486 e. The summed E-state index contributed by atoms with van der Waals surface area (Å²) < 4.78 is 15.9. The first-order valence-electron chi connectivity index (χ1n) is 7.07. The van der Waals surface area contributed by atoms with Crippen molar-refractivity contribution in [1.82, 2.24) is 5.16 Å². The normalized spacial score (nSPS) is 12.8. The lowest BCUT2D eigenvalue weighted by atomic mass is 10.2. The van der Waals surface area contributed by atoms with Crippen molar-refractivity contribution in [3.05, 3.63) is 30.0 Å². The van der Waals surface area contributed by atoms with Crippen LogP contribution in [0.15, 0.2) is 28.8 Å².